The summed E-state index contributed by atoms with van der Waals surface area (Å²) in [5.41, 5.74) is 8.21. The Bertz CT molecular complexity index is 402. The first-order valence-corrected chi connectivity index (χ1v) is 7.69. The highest BCUT2D eigenvalue weighted by molar-refractivity contribution is 5.41. The second-order valence-corrected chi connectivity index (χ2v) is 5.78. The summed E-state index contributed by atoms with van der Waals surface area (Å²) in [6.45, 7) is 5.11. The van der Waals surface area contributed by atoms with E-state index in [4.69, 9.17) is 10.5 Å². The van der Waals surface area contributed by atoms with Crippen LogP contribution in [0.2, 0.25) is 0 Å². The molecule has 2 N–H and O–H groups in total. The molecule has 1 aromatic carbocycles. The van der Waals surface area contributed by atoms with Crippen LogP contribution in [0.5, 0.6) is 5.75 Å². The third kappa shape index (κ3) is 3.73. The Morgan fingerprint density at radius 1 is 1.32 bits per heavy atom. The smallest absolute Gasteiger partial charge is 0.125 e. The van der Waals surface area contributed by atoms with Crippen molar-refractivity contribution in [3.8, 4) is 5.75 Å². The number of hydrogen-bond acceptors (Lipinski definition) is 2. The molecule has 1 aromatic rings. The van der Waals surface area contributed by atoms with Gasteiger partial charge in [-0.1, -0.05) is 38.0 Å². The van der Waals surface area contributed by atoms with E-state index in [9.17, 15) is 0 Å². The van der Waals surface area contributed by atoms with Gasteiger partial charge in [-0.3, -0.25) is 0 Å². The molecule has 2 atom stereocenters. The fourth-order valence-electron chi connectivity index (χ4n) is 3.12. The van der Waals surface area contributed by atoms with E-state index in [2.05, 4.69) is 32.0 Å². The van der Waals surface area contributed by atoms with E-state index in [-0.39, 0.29) is 0 Å². The number of ether oxygens (including phenoxy) is 1. The molecule has 2 nitrogen and oxygen atoms in total. The van der Waals surface area contributed by atoms with Gasteiger partial charge < -0.3 is 10.5 Å². The molecule has 1 aliphatic carbocycles. The summed E-state index contributed by atoms with van der Waals surface area (Å²) >= 11 is 0. The monoisotopic (exact) mass is 261 g/mol. The van der Waals surface area contributed by atoms with E-state index >= 15 is 0 Å². The van der Waals surface area contributed by atoms with Crippen molar-refractivity contribution in [2.75, 3.05) is 6.54 Å². The third-order valence-electron chi connectivity index (χ3n) is 4.30. The normalized spacial score (nSPS) is 23.3. The predicted octanol–water partition coefficient (Wildman–Crippen LogP) is 3.84. The van der Waals surface area contributed by atoms with Crippen molar-refractivity contribution in [3.05, 3.63) is 29.3 Å². The van der Waals surface area contributed by atoms with Gasteiger partial charge in [-0.05, 0) is 56.2 Å². The lowest BCUT2D eigenvalue weighted by molar-refractivity contribution is 0.120. The van der Waals surface area contributed by atoms with Crippen molar-refractivity contribution in [1.82, 2.24) is 0 Å². The highest BCUT2D eigenvalue weighted by atomic mass is 16.5. The van der Waals surface area contributed by atoms with Crippen molar-refractivity contribution in [3.63, 3.8) is 0 Å². The maximum atomic E-state index is 6.35. The molecule has 0 amide bonds. The van der Waals surface area contributed by atoms with Crippen molar-refractivity contribution < 1.29 is 4.74 Å². The van der Waals surface area contributed by atoms with Crippen LogP contribution in [-0.4, -0.2) is 12.6 Å². The highest BCUT2D eigenvalue weighted by Gasteiger charge is 2.23. The van der Waals surface area contributed by atoms with E-state index in [1.165, 1.54) is 43.2 Å². The summed E-state index contributed by atoms with van der Waals surface area (Å²) in [5.74, 6) is 1.94. The molecule has 2 heteroatoms. The fraction of sp³-hybridized carbons (Fsp3) is 0.647. The molecule has 0 radical (unpaired) electrons. The number of para-hydroxylation sites is 1. The molecule has 0 heterocycles. The van der Waals surface area contributed by atoms with Gasteiger partial charge in [0.25, 0.3) is 0 Å². The van der Waals surface area contributed by atoms with Crippen molar-refractivity contribution >= 4 is 0 Å². The Kier molecular flexibility index (Phi) is 5.26. The Labute approximate surface area is 117 Å². The van der Waals surface area contributed by atoms with E-state index in [1.54, 1.807) is 0 Å². The van der Waals surface area contributed by atoms with Crippen LogP contribution in [-0.2, 0) is 6.42 Å². The summed E-state index contributed by atoms with van der Waals surface area (Å²) < 4.78 is 6.35. The number of aryl methyl sites for hydroxylation is 1. The van der Waals surface area contributed by atoms with Crippen molar-refractivity contribution in [1.29, 1.82) is 0 Å². The highest BCUT2D eigenvalue weighted by Crippen LogP contribution is 2.32. The van der Waals surface area contributed by atoms with Gasteiger partial charge >= 0.3 is 0 Å². The topological polar surface area (TPSA) is 35.2 Å². The van der Waals surface area contributed by atoms with Crippen LogP contribution in [0.25, 0.3) is 0 Å². The van der Waals surface area contributed by atoms with E-state index < -0.39 is 0 Å². The average molecular weight is 261 g/mol. The lowest BCUT2D eigenvalue weighted by Crippen LogP contribution is -2.26. The average Bonchev–Trinajstić information content (AvgIpc) is 2.43. The molecule has 1 saturated carbocycles. The molecule has 106 valence electrons. The number of hydrogen-bond donors (Lipinski definition) is 1. The zero-order valence-corrected chi connectivity index (χ0v) is 12.3. The Hall–Kier alpha value is -1.02. The van der Waals surface area contributed by atoms with Gasteiger partial charge in [-0.15, -0.1) is 0 Å². The number of rotatable bonds is 5. The lowest BCUT2D eigenvalue weighted by Gasteiger charge is -2.30. The Morgan fingerprint density at radius 3 is 2.89 bits per heavy atom. The van der Waals surface area contributed by atoms with Crippen LogP contribution in [0.3, 0.4) is 0 Å². The van der Waals surface area contributed by atoms with Crippen LogP contribution in [0, 0.1) is 12.8 Å². The maximum Gasteiger partial charge on any atom is 0.125 e. The predicted molar refractivity (Wildman–Crippen MR) is 80.6 cm³/mol. The SMILES string of the molecule is CCC1CCCC(Oc2c(C)cccc2CCN)C1. The Morgan fingerprint density at radius 2 is 2.16 bits per heavy atom. The minimum atomic E-state index is 0.399. The minimum absolute atomic E-state index is 0.399. The molecular weight excluding hydrogens is 234 g/mol. The van der Waals surface area contributed by atoms with Gasteiger partial charge in [0.15, 0.2) is 0 Å². The minimum Gasteiger partial charge on any atom is -0.490 e. The largest absolute Gasteiger partial charge is 0.490 e. The van der Waals surface area contributed by atoms with Gasteiger partial charge in [0.2, 0.25) is 0 Å². The first-order valence-electron chi connectivity index (χ1n) is 7.69. The van der Waals surface area contributed by atoms with E-state index in [0.717, 1.165) is 18.1 Å². The number of nitrogens with two attached hydrogens (primary N) is 1. The summed E-state index contributed by atoms with van der Waals surface area (Å²) in [4.78, 5) is 0. The molecule has 0 aliphatic heterocycles. The first kappa shape index (κ1) is 14.4. The first-order chi connectivity index (χ1) is 9.24. The fourth-order valence-corrected chi connectivity index (χ4v) is 3.12. The van der Waals surface area contributed by atoms with Crippen LogP contribution in [0.1, 0.15) is 50.2 Å². The van der Waals surface area contributed by atoms with Crippen LogP contribution >= 0.6 is 0 Å². The molecular formula is C17H27NO. The van der Waals surface area contributed by atoms with Crippen LogP contribution in [0.4, 0.5) is 0 Å². The third-order valence-corrected chi connectivity index (χ3v) is 4.30. The molecule has 0 spiro atoms. The summed E-state index contributed by atoms with van der Waals surface area (Å²) in [6, 6.07) is 6.38. The molecule has 1 fully saturated rings. The second kappa shape index (κ2) is 6.95. The van der Waals surface area contributed by atoms with Crippen molar-refractivity contribution in [2.45, 2.75) is 58.5 Å². The van der Waals surface area contributed by atoms with Crippen molar-refractivity contribution in [2.24, 2.45) is 11.7 Å². The van der Waals surface area contributed by atoms with Gasteiger partial charge in [-0.25, -0.2) is 0 Å². The quantitative estimate of drug-likeness (QED) is 0.874. The van der Waals surface area contributed by atoms with Gasteiger partial charge in [0, 0.05) is 0 Å². The lowest BCUT2D eigenvalue weighted by atomic mass is 9.85. The van der Waals surface area contributed by atoms with E-state index in [0.29, 0.717) is 12.6 Å². The summed E-state index contributed by atoms with van der Waals surface area (Å²) in [5, 5.41) is 0. The van der Waals surface area contributed by atoms with Gasteiger partial charge in [0.05, 0.1) is 6.10 Å². The number of benzene rings is 1. The molecule has 19 heavy (non-hydrogen) atoms. The van der Waals surface area contributed by atoms with Gasteiger partial charge in [0.1, 0.15) is 5.75 Å². The standard InChI is InChI=1S/C17H27NO/c1-3-14-7-5-9-16(12-14)19-17-13(2)6-4-8-15(17)10-11-18/h4,6,8,14,16H,3,5,7,9-12,18H2,1-2H3. The molecule has 0 bridgehead atoms. The summed E-state index contributed by atoms with van der Waals surface area (Å²) in [7, 11) is 0. The van der Waals surface area contributed by atoms with Gasteiger partial charge in [-0.2, -0.15) is 0 Å². The van der Waals surface area contributed by atoms with Crippen LogP contribution in [0.15, 0.2) is 18.2 Å². The molecule has 2 rings (SSSR count). The molecule has 1 aliphatic rings. The molecule has 2 unspecified atom stereocenters. The second-order valence-electron chi connectivity index (χ2n) is 5.78. The van der Waals surface area contributed by atoms with Crippen LogP contribution < -0.4 is 10.5 Å². The zero-order valence-electron chi connectivity index (χ0n) is 12.3. The zero-order chi connectivity index (χ0) is 13.7. The molecule has 0 aromatic heterocycles. The Balaban J connectivity index is 2.09. The maximum absolute atomic E-state index is 6.35. The molecule has 0 saturated heterocycles. The van der Waals surface area contributed by atoms with E-state index in [1.807, 2.05) is 0 Å². The summed E-state index contributed by atoms with van der Waals surface area (Å²) in [6.07, 6.45) is 7.68.